The Kier molecular flexibility index (Phi) is 4.07. The molecule has 1 fully saturated rings. The van der Waals surface area contributed by atoms with Crippen LogP contribution in [0, 0.1) is 5.82 Å². The number of methoxy groups -OCH3 is 1. The quantitative estimate of drug-likeness (QED) is 0.859. The maximum Gasteiger partial charge on any atom is 0.253 e. The fourth-order valence-corrected chi connectivity index (χ4v) is 3.66. The van der Waals surface area contributed by atoms with Crippen LogP contribution in [0.5, 0.6) is 11.5 Å². The number of halogens is 1. The minimum absolute atomic E-state index is 0.131. The van der Waals surface area contributed by atoms with E-state index in [2.05, 4.69) is 12.1 Å². The first-order valence-corrected chi connectivity index (χ1v) is 8.54. The van der Waals surface area contributed by atoms with Gasteiger partial charge in [0.05, 0.1) is 13.7 Å². The number of carbonyl (C=O) groups excluding carboxylic acids is 1. The summed E-state index contributed by atoms with van der Waals surface area (Å²) >= 11 is 0. The number of rotatable bonds is 3. The number of fused-ring (bicyclic) bond motifs is 1. The summed E-state index contributed by atoms with van der Waals surface area (Å²) in [5.41, 5.74) is 2.86. The number of carbonyl (C=O) groups is 1. The predicted octanol–water partition coefficient (Wildman–Crippen LogP) is 3.40. The molecule has 2 aliphatic rings. The average Bonchev–Trinajstić information content (AvgIpc) is 3.29. The molecule has 4 nitrogen and oxygen atoms in total. The van der Waals surface area contributed by atoms with E-state index in [9.17, 15) is 9.18 Å². The zero-order valence-corrected chi connectivity index (χ0v) is 14.1. The molecule has 0 radical (unpaired) electrons. The van der Waals surface area contributed by atoms with Crippen LogP contribution in [0.2, 0.25) is 0 Å². The van der Waals surface area contributed by atoms with Crippen molar-refractivity contribution in [2.24, 2.45) is 0 Å². The Morgan fingerprint density at radius 1 is 1.28 bits per heavy atom. The standard InChI is InChI=1S/C20H20FNO3/c1-24-19-5-3-15(11-17(19)21)20(23)22-8-6-16(12-22)13-2-4-18-14(10-13)7-9-25-18/h2-5,10-11,16H,6-9,12H2,1H3/t16-/m0/s1. The fourth-order valence-electron chi connectivity index (χ4n) is 3.66. The summed E-state index contributed by atoms with van der Waals surface area (Å²) in [6.45, 7) is 2.09. The topological polar surface area (TPSA) is 38.8 Å². The lowest BCUT2D eigenvalue weighted by molar-refractivity contribution is 0.0790. The molecule has 1 atom stereocenters. The lowest BCUT2D eigenvalue weighted by Gasteiger charge is -2.17. The smallest absolute Gasteiger partial charge is 0.253 e. The Bertz CT molecular complexity index is 821. The number of hydrogen-bond acceptors (Lipinski definition) is 3. The summed E-state index contributed by atoms with van der Waals surface area (Å²) < 4.78 is 24.3. The number of ether oxygens (including phenoxy) is 2. The third-order valence-corrected chi connectivity index (χ3v) is 5.06. The summed E-state index contributed by atoms with van der Waals surface area (Å²) in [5, 5.41) is 0. The molecule has 0 spiro atoms. The first kappa shape index (κ1) is 15.9. The molecule has 2 aromatic rings. The van der Waals surface area contributed by atoms with Crippen molar-refractivity contribution in [3.05, 3.63) is 58.9 Å². The van der Waals surface area contributed by atoms with Crippen molar-refractivity contribution in [1.29, 1.82) is 0 Å². The van der Waals surface area contributed by atoms with E-state index in [0.717, 1.165) is 25.2 Å². The first-order chi connectivity index (χ1) is 12.2. The van der Waals surface area contributed by atoms with E-state index in [1.165, 1.54) is 30.4 Å². The van der Waals surface area contributed by atoms with Crippen LogP contribution in [0.4, 0.5) is 4.39 Å². The number of nitrogens with zero attached hydrogens (tertiary/aromatic N) is 1. The van der Waals surface area contributed by atoms with Gasteiger partial charge >= 0.3 is 0 Å². The van der Waals surface area contributed by atoms with Crippen LogP contribution in [-0.2, 0) is 6.42 Å². The molecule has 0 bridgehead atoms. The van der Waals surface area contributed by atoms with E-state index in [1.807, 2.05) is 6.07 Å². The lowest BCUT2D eigenvalue weighted by atomic mass is 9.96. The van der Waals surface area contributed by atoms with Crippen molar-refractivity contribution < 1.29 is 18.7 Å². The highest BCUT2D eigenvalue weighted by atomic mass is 19.1. The van der Waals surface area contributed by atoms with Crippen LogP contribution in [0.3, 0.4) is 0 Å². The monoisotopic (exact) mass is 341 g/mol. The molecule has 1 saturated heterocycles. The van der Waals surface area contributed by atoms with E-state index in [0.29, 0.717) is 24.6 Å². The second-order valence-electron chi connectivity index (χ2n) is 6.55. The first-order valence-electron chi connectivity index (χ1n) is 8.54. The van der Waals surface area contributed by atoms with Gasteiger partial charge in [-0.3, -0.25) is 4.79 Å². The Morgan fingerprint density at radius 2 is 2.16 bits per heavy atom. The van der Waals surface area contributed by atoms with Crippen molar-refractivity contribution in [3.63, 3.8) is 0 Å². The zero-order chi connectivity index (χ0) is 17.4. The van der Waals surface area contributed by atoms with Gasteiger partial charge in [-0.15, -0.1) is 0 Å². The van der Waals surface area contributed by atoms with E-state index in [1.54, 1.807) is 11.0 Å². The molecule has 5 heteroatoms. The molecule has 1 amide bonds. The highest BCUT2D eigenvalue weighted by Crippen LogP contribution is 2.33. The van der Waals surface area contributed by atoms with Gasteiger partial charge < -0.3 is 14.4 Å². The summed E-state index contributed by atoms with van der Waals surface area (Å²) in [4.78, 5) is 14.5. The molecule has 2 aromatic carbocycles. The Morgan fingerprint density at radius 3 is 2.96 bits per heavy atom. The lowest BCUT2D eigenvalue weighted by Crippen LogP contribution is -2.28. The molecule has 0 saturated carbocycles. The second-order valence-corrected chi connectivity index (χ2v) is 6.55. The summed E-state index contributed by atoms with van der Waals surface area (Å²) in [5.74, 6) is 0.800. The molecule has 0 N–H and O–H groups in total. The molecular weight excluding hydrogens is 321 g/mol. The van der Waals surface area contributed by atoms with Gasteiger partial charge in [-0.05, 0) is 41.8 Å². The highest BCUT2D eigenvalue weighted by molar-refractivity contribution is 5.94. The van der Waals surface area contributed by atoms with Crippen LogP contribution in [0.1, 0.15) is 33.8 Å². The van der Waals surface area contributed by atoms with E-state index in [-0.39, 0.29) is 11.7 Å². The molecule has 4 rings (SSSR count). The third-order valence-electron chi connectivity index (χ3n) is 5.06. The SMILES string of the molecule is COc1ccc(C(=O)N2CC[C@H](c3ccc4c(c3)CCO4)C2)cc1F. The summed E-state index contributed by atoms with van der Waals surface area (Å²) in [7, 11) is 1.41. The van der Waals surface area contributed by atoms with Crippen molar-refractivity contribution in [3.8, 4) is 11.5 Å². The molecular formula is C20H20FNO3. The summed E-state index contributed by atoms with van der Waals surface area (Å²) in [6, 6.07) is 10.7. The van der Waals surface area contributed by atoms with Gasteiger partial charge in [-0.25, -0.2) is 4.39 Å². The Labute approximate surface area is 146 Å². The van der Waals surface area contributed by atoms with Crippen LogP contribution in [0.25, 0.3) is 0 Å². The molecule has 0 unspecified atom stereocenters. The van der Waals surface area contributed by atoms with E-state index < -0.39 is 5.82 Å². The molecule has 25 heavy (non-hydrogen) atoms. The maximum atomic E-state index is 13.9. The van der Waals surface area contributed by atoms with Gasteiger partial charge in [-0.2, -0.15) is 0 Å². The largest absolute Gasteiger partial charge is 0.494 e. The van der Waals surface area contributed by atoms with Crippen LogP contribution in [-0.4, -0.2) is 37.6 Å². The summed E-state index contributed by atoms with van der Waals surface area (Å²) in [6.07, 6.45) is 1.87. The number of hydrogen-bond donors (Lipinski definition) is 0. The van der Waals surface area contributed by atoms with Gasteiger partial charge in [0.2, 0.25) is 0 Å². The normalized spacial score (nSPS) is 18.8. The molecule has 2 aliphatic heterocycles. The second kappa shape index (κ2) is 6.39. The van der Waals surface area contributed by atoms with Crippen molar-refractivity contribution >= 4 is 5.91 Å². The van der Waals surface area contributed by atoms with Crippen molar-refractivity contribution in [2.75, 3.05) is 26.8 Å². The van der Waals surface area contributed by atoms with Gasteiger partial charge in [0, 0.05) is 31.0 Å². The Hall–Kier alpha value is -2.56. The maximum absolute atomic E-state index is 13.9. The van der Waals surface area contributed by atoms with Crippen molar-refractivity contribution in [1.82, 2.24) is 4.90 Å². The van der Waals surface area contributed by atoms with Crippen LogP contribution >= 0.6 is 0 Å². The average molecular weight is 341 g/mol. The minimum Gasteiger partial charge on any atom is -0.494 e. The predicted molar refractivity (Wildman–Crippen MR) is 91.9 cm³/mol. The van der Waals surface area contributed by atoms with Crippen LogP contribution in [0.15, 0.2) is 36.4 Å². The Balaban J connectivity index is 1.48. The minimum atomic E-state index is -0.511. The zero-order valence-electron chi connectivity index (χ0n) is 14.1. The highest BCUT2D eigenvalue weighted by Gasteiger charge is 2.29. The number of benzene rings is 2. The van der Waals surface area contributed by atoms with Gasteiger partial charge in [0.25, 0.3) is 5.91 Å². The van der Waals surface area contributed by atoms with Gasteiger partial charge in [0.15, 0.2) is 11.6 Å². The number of amides is 1. The molecule has 2 heterocycles. The van der Waals surface area contributed by atoms with Crippen molar-refractivity contribution in [2.45, 2.75) is 18.8 Å². The van der Waals surface area contributed by atoms with Gasteiger partial charge in [0.1, 0.15) is 5.75 Å². The van der Waals surface area contributed by atoms with E-state index in [4.69, 9.17) is 9.47 Å². The molecule has 0 aliphatic carbocycles. The fraction of sp³-hybridized carbons (Fsp3) is 0.350. The van der Waals surface area contributed by atoms with E-state index >= 15 is 0 Å². The third kappa shape index (κ3) is 2.95. The number of likely N-dealkylation sites (tertiary alicyclic amines) is 1. The molecule has 130 valence electrons. The molecule has 0 aromatic heterocycles. The van der Waals surface area contributed by atoms with Crippen LogP contribution < -0.4 is 9.47 Å². The van der Waals surface area contributed by atoms with Gasteiger partial charge in [-0.1, -0.05) is 12.1 Å².